The van der Waals surface area contributed by atoms with Crippen LogP contribution in [0, 0.1) is 29.6 Å². The van der Waals surface area contributed by atoms with E-state index in [0.29, 0.717) is 19.8 Å². The third-order valence-corrected chi connectivity index (χ3v) is 8.44. The molecule has 6 atom stereocenters. The van der Waals surface area contributed by atoms with E-state index in [2.05, 4.69) is 25.4 Å². The van der Waals surface area contributed by atoms with Crippen LogP contribution in [0.1, 0.15) is 24.3 Å². The van der Waals surface area contributed by atoms with Crippen molar-refractivity contribution >= 4 is 51.7 Å². The maximum Gasteiger partial charge on any atom is 0.423 e. The molecule has 1 aromatic rings. The number of hydrogen-bond acceptors (Lipinski definition) is 10. The number of likely N-dealkylation sites (tertiary alicyclic amines) is 2. The number of phenolic OH excluding ortho intramolecular Hbond substituents is 1. The molecule has 1 N–H and O–H groups in total. The van der Waals surface area contributed by atoms with Crippen LogP contribution in [0.3, 0.4) is 0 Å². The van der Waals surface area contributed by atoms with Gasteiger partial charge in [0.25, 0.3) is 0 Å². The van der Waals surface area contributed by atoms with Gasteiger partial charge in [0.2, 0.25) is 23.6 Å². The molecule has 6 amide bonds. The van der Waals surface area contributed by atoms with E-state index in [4.69, 9.17) is 4.74 Å². The molecule has 13 heteroatoms. The molecule has 38 heavy (non-hydrogen) atoms. The van der Waals surface area contributed by atoms with Gasteiger partial charge in [-0.3, -0.25) is 19.2 Å². The van der Waals surface area contributed by atoms with Crippen molar-refractivity contribution in [2.24, 2.45) is 29.6 Å². The summed E-state index contributed by atoms with van der Waals surface area (Å²) in [5.41, 5.74) is 0.804. The first-order valence-corrected chi connectivity index (χ1v) is 12.5. The maximum atomic E-state index is 13.5. The smallest absolute Gasteiger partial charge is 0.423 e. The highest BCUT2D eigenvalue weighted by molar-refractivity contribution is 9.10. The van der Waals surface area contributed by atoms with Gasteiger partial charge in [-0.15, -0.1) is 0 Å². The third-order valence-electron chi connectivity index (χ3n) is 7.99. The Hall–Kier alpha value is -3.74. The van der Waals surface area contributed by atoms with E-state index >= 15 is 0 Å². The first-order chi connectivity index (χ1) is 18.1. The normalized spacial score (nSPS) is 29.9. The number of fused-ring (bicyclic) bond motifs is 4. The molecule has 1 aromatic carbocycles. The first kappa shape index (κ1) is 25.9. The molecular weight excluding hydrogens is 568 g/mol. The lowest BCUT2D eigenvalue weighted by molar-refractivity contribution is -0.139. The molecule has 4 aliphatic rings. The number of phenols is 1. The van der Waals surface area contributed by atoms with Crippen molar-refractivity contribution in [3.63, 3.8) is 0 Å². The van der Waals surface area contributed by atoms with Gasteiger partial charge in [-0.25, -0.2) is 9.59 Å². The number of methoxy groups -OCH3 is 3. The molecule has 12 nitrogen and oxygen atoms in total. The van der Waals surface area contributed by atoms with Gasteiger partial charge in [-0.1, -0.05) is 27.6 Å². The van der Waals surface area contributed by atoms with Gasteiger partial charge in [0.15, 0.2) is 11.5 Å². The molecule has 0 radical (unpaired) electrons. The van der Waals surface area contributed by atoms with Crippen LogP contribution in [0.2, 0.25) is 0 Å². The molecule has 2 aliphatic heterocycles. The number of hydrogen-bond donors (Lipinski definition) is 1. The minimum Gasteiger partial charge on any atom is -0.504 e. The van der Waals surface area contributed by atoms with E-state index in [1.54, 1.807) is 12.1 Å². The summed E-state index contributed by atoms with van der Waals surface area (Å²) in [5.74, 6) is -8.85. The number of ether oxygens (including phenoxy) is 3. The second-order valence-electron chi connectivity index (χ2n) is 9.53. The van der Waals surface area contributed by atoms with Gasteiger partial charge in [0, 0.05) is 16.0 Å². The fourth-order valence-corrected chi connectivity index (χ4v) is 6.92. The van der Waals surface area contributed by atoms with Crippen LogP contribution in [0.5, 0.6) is 11.5 Å². The van der Waals surface area contributed by atoms with Crippen molar-refractivity contribution in [2.75, 3.05) is 21.3 Å². The van der Waals surface area contributed by atoms with Gasteiger partial charge in [-0.05, 0) is 30.9 Å². The van der Waals surface area contributed by atoms with E-state index in [-0.39, 0.29) is 29.9 Å². The highest BCUT2D eigenvalue weighted by atomic mass is 79.9. The van der Waals surface area contributed by atoms with Gasteiger partial charge in [-0.2, -0.15) is 9.80 Å². The quantitative estimate of drug-likeness (QED) is 0.400. The average Bonchev–Trinajstić information content (AvgIpc) is 3.31. The Bertz CT molecular complexity index is 1340. The number of nitrogens with zero attached hydrogens (tertiary/aromatic N) is 2. The molecule has 6 unspecified atom stereocenters. The largest absolute Gasteiger partial charge is 0.504 e. The fourth-order valence-electron chi connectivity index (χ4n) is 6.47. The third kappa shape index (κ3) is 3.47. The number of carbonyl (C=O) groups excluding carboxylic acids is 6. The number of imide groups is 6. The second-order valence-corrected chi connectivity index (χ2v) is 10.4. The van der Waals surface area contributed by atoms with Crippen LogP contribution in [0.15, 0.2) is 28.3 Å². The zero-order chi connectivity index (χ0) is 27.6. The van der Waals surface area contributed by atoms with Crippen LogP contribution < -0.4 is 4.74 Å². The summed E-state index contributed by atoms with van der Waals surface area (Å²) in [4.78, 5) is 78.9. The number of allylic oxidation sites excluding steroid dienone is 2. The molecule has 0 spiro atoms. The van der Waals surface area contributed by atoms with Crippen LogP contribution in [0.25, 0.3) is 0 Å². The number of carbonyl (C=O) groups is 6. The van der Waals surface area contributed by atoms with Gasteiger partial charge in [0.05, 0.1) is 45.0 Å². The van der Waals surface area contributed by atoms with Crippen LogP contribution in [0.4, 0.5) is 9.59 Å². The maximum absolute atomic E-state index is 13.5. The molecule has 0 aromatic heterocycles. The summed E-state index contributed by atoms with van der Waals surface area (Å²) in [7, 11) is 3.46. The topological polar surface area (TPSA) is 157 Å². The van der Waals surface area contributed by atoms with Gasteiger partial charge in [0.1, 0.15) is 0 Å². The molecular formula is C25H23BrN2O10. The Labute approximate surface area is 224 Å². The summed E-state index contributed by atoms with van der Waals surface area (Å²) < 4.78 is 15.1. The average molecular weight is 591 g/mol. The lowest BCUT2D eigenvalue weighted by Crippen LogP contribution is -2.43. The molecule has 2 heterocycles. The monoisotopic (exact) mass is 590 g/mol. The predicted octanol–water partition coefficient (Wildman–Crippen LogP) is 2.33. The number of aromatic hydroxyl groups is 1. The first-order valence-electron chi connectivity index (χ1n) is 11.7. The zero-order valence-electron chi connectivity index (χ0n) is 20.5. The summed E-state index contributed by atoms with van der Waals surface area (Å²) in [6, 6.07) is 3.10. The molecule has 1 saturated carbocycles. The SMILES string of the molecule is COC(=O)N1C(=O)C2CC=C3C(CC4C(=O)N(C(=O)OC)C(=O)C4C3c3cc(Br)cc(OC)c3O)C2C1=O. The van der Waals surface area contributed by atoms with E-state index in [0.717, 1.165) is 14.2 Å². The lowest BCUT2D eigenvalue weighted by atomic mass is 9.57. The van der Waals surface area contributed by atoms with Crippen molar-refractivity contribution in [1.29, 1.82) is 0 Å². The van der Waals surface area contributed by atoms with Gasteiger partial charge >= 0.3 is 12.2 Å². The fraction of sp³-hybridized carbons (Fsp3) is 0.440. The van der Waals surface area contributed by atoms with Crippen molar-refractivity contribution in [3.8, 4) is 11.5 Å². The summed E-state index contributed by atoms with van der Waals surface area (Å²) >= 11 is 3.38. The van der Waals surface area contributed by atoms with E-state index < -0.39 is 71.3 Å². The Kier molecular flexibility index (Phi) is 6.28. The van der Waals surface area contributed by atoms with Crippen molar-refractivity contribution in [2.45, 2.75) is 18.8 Å². The van der Waals surface area contributed by atoms with E-state index in [1.807, 2.05) is 0 Å². The Morgan fingerprint density at radius 3 is 2.03 bits per heavy atom. The minimum atomic E-state index is -1.14. The van der Waals surface area contributed by atoms with Crippen molar-refractivity contribution in [3.05, 3.63) is 33.8 Å². The number of amides is 6. The van der Waals surface area contributed by atoms with E-state index in [9.17, 15) is 33.9 Å². The van der Waals surface area contributed by atoms with Crippen LogP contribution in [-0.4, -0.2) is 72.1 Å². The molecule has 2 saturated heterocycles. The Morgan fingerprint density at radius 2 is 1.45 bits per heavy atom. The number of rotatable bonds is 2. The molecule has 3 fully saturated rings. The van der Waals surface area contributed by atoms with Gasteiger partial charge < -0.3 is 19.3 Å². The minimum absolute atomic E-state index is 0.0217. The number of benzene rings is 1. The number of halogens is 1. The zero-order valence-corrected chi connectivity index (χ0v) is 22.1. The highest BCUT2D eigenvalue weighted by Gasteiger charge is 2.64. The highest BCUT2D eigenvalue weighted by Crippen LogP contribution is 2.59. The van der Waals surface area contributed by atoms with E-state index in [1.165, 1.54) is 13.2 Å². The van der Waals surface area contributed by atoms with Crippen LogP contribution >= 0.6 is 15.9 Å². The van der Waals surface area contributed by atoms with Crippen molar-refractivity contribution < 1.29 is 48.1 Å². The summed E-state index contributed by atoms with van der Waals surface area (Å²) in [5, 5.41) is 11.1. The molecule has 5 rings (SSSR count). The summed E-state index contributed by atoms with van der Waals surface area (Å²) in [6.45, 7) is 0. The Balaban J connectivity index is 1.69. The molecule has 0 bridgehead atoms. The van der Waals surface area contributed by atoms with Crippen molar-refractivity contribution in [1.82, 2.24) is 9.80 Å². The molecule has 2 aliphatic carbocycles. The standard InChI is InChI=1S/C25H23BrN2O10/c1-36-15-7-9(26)6-13(19(15)29)16-10-4-5-11-17(22(32)27(20(11)30)24(34)37-2)12(10)8-14-18(16)23(33)28(21(14)31)25(35)38-3/h4,6-7,11-12,14,16-18,29H,5,8H2,1-3H3. The Morgan fingerprint density at radius 1 is 0.868 bits per heavy atom. The second kappa shape index (κ2) is 9.22. The molecule has 200 valence electrons. The summed E-state index contributed by atoms with van der Waals surface area (Å²) in [6.07, 6.45) is -0.435. The predicted molar refractivity (Wildman–Crippen MR) is 128 cm³/mol. The van der Waals surface area contributed by atoms with Crippen LogP contribution in [-0.2, 0) is 28.7 Å². The lowest BCUT2D eigenvalue weighted by Gasteiger charge is -2.44.